The van der Waals surface area contributed by atoms with Crippen molar-refractivity contribution in [2.45, 2.75) is 12.5 Å². The lowest BCUT2D eigenvalue weighted by Gasteiger charge is -2.26. The lowest BCUT2D eigenvalue weighted by molar-refractivity contribution is 0.570. The van der Waals surface area contributed by atoms with Crippen LogP contribution in [0.1, 0.15) is 18.0 Å². The molecule has 20 heavy (non-hydrogen) atoms. The minimum Gasteiger partial charge on any atom is -0.370 e. The van der Waals surface area contributed by atoms with Crippen LogP contribution >= 0.6 is 0 Å². The second-order valence-electron chi connectivity index (χ2n) is 5.19. The normalized spacial score (nSPS) is 19.6. The zero-order valence-corrected chi connectivity index (χ0v) is 11.4. The Kier molecular flexibility index (Phi) is 3.97. The summed E-state index contributed by atoms with van der Waals surface area (Å²) in [7, 11) is 0. The van der Waals surface area contributed by atoms with Crippen LogP contribution in [0.5, 0.6) is 0 Å². The van der Waals surface area contributed by atoms with Crippen LogP contribution in [-0.2, 0) is 0 Å². The Bertz CT molecular complexity index is 539. The maximum Gasteiger partial charge on any atom is 0.123 e. The average Bonchev–Trinajstić information content (AvgIpc) is 2.75. The van der Waals surface area contributed by atoms with Crippen LogP contribution in [0.15, 0.2) is 54.6 Å². The molecule has 2 nitrogen and oxygen atoms in total. The molecule has 0 amide bonds. The van der Waals surface area contributed by atoms with E-state index < -0.39 is 0 Å². The van der Waals surface area contributed by atoms with Gasteiger partial charge in [0.05, 0.1) is 0 Å². The van der Waals surface area contributed by atoms with Gasteiger partial charge in [-0.25, -0.2) is 4.39 Å². The summed E-state index contributed by atoms with van der Waals surface area (Å²) >= 11 is 0. The second-order valence-corrected chi connectivity index (χ2v) is 5.19. The molecule has 0 saturated carbocycles. The van der Waals surface area contributed by atoms with Crippen LogP contribution in [-0.4, -0.2) is 19.6 Å². The molecule has 3 rings (SSSR count). The highest BCUT2D eigenvalue weighted by molar-refractivity contribution is 5.47. The van der Waals surface area contributed by atoms with E-state index >= 15 is 0 Å². The Labute approximate surface area is 119 Å². The third kappa shape index (κ3) is 2.99. The topological polar surface area (TPSA) is 15.3 Å². The van der Waals surface area contributed by atoms with Gasteiger partial charge in [0.1, 0.15) is 5.82 Å². The summed E-state index contributed by atoms with van der Waals surface area (Å²) in [5.41, 5.74) is 2.40. The lowest BCUT2D eigenvalue weighted by Crippen LogP contribution is -2.31. The van der Waals surface area contributed by atoms with Gasteiger partial charge in [0.25, 0.3) is 0 Å². The Balaban J connectivity index is 1.80. The number of hydrogen-bond acceptors (Lipinski definition) is 2. The minimum absolute atomic E-state index is 0.179. The largest absolute Gasteiger partial charge is 0.370 e. The summed E-state index contributed by atoms with van der Waals surface area (Å²) in [4.78, 5) is 2.33. The van der Waals surface area contributed by atoms with Crippen LogP contribution in [0.25, 0.3) is 0 Å². The van der Waals surface area contributed by atoms with E-state index in [1.165, 1.54) is 17.7 Å². The van der Waals surface area contributed by atoms with E-state index in [1.807, 2.05) is 18.2 Å². The number of hydrogen-bond donors (Lipinski definition) is 1. The molecule has 0 radical (unpaired) electrons. The molecular weight excluding hydrogens is 251 g/mol. The predicted molar refractivity (Wildman–Crippen MR) is 80.4 cm³/mol. The third-order valence-corrected chi connectivity index (χ3v) is 3.79. The van der Waals surface area contributed by atoms with Crippen molar-refractivity contribution in [1.29, 1.82) is 0 Å². The summed E-state index contributed by atoms with van der Waals surface area (Å²) in [5, 5.41) is 3.59. The minimum atomic E-state index is -0.179. The molecule has 0 aromatic heterocycles. The molecule has 1 heterocycles. The quantitative estimate of drug-likeness (QED) is 0.900. The molecule has 1 atom stereocenters. The monoisotopic (exact) mass is 270 g/mol. The molecule has 3 heteroatoms. The van der Waals surface area contributed by atoms with Crippen molar-refractivity contribution < 1.29 is 4.39 Å². The maximum atomic E-state index is 13.0. The first-order chi connectivity index (χ1) is 9.83. The van der Waals surface area contributed by atoms with Crippen LogP contribution in [0.4, 0.5) is 10.1 Å². The van der Waals surface area contributed by atoms with E-state index in [0.717, 1.165) is 31.7 Å². The van der Waals surface area contributed by atoms with Crippen LogP contribution in [0.2, 0.25) is 0 Å². The molecular formula is C17H19FN2. The van der Waals surface area contributed by atoms with Gasteiger partial charge in [0.2, 0.25) is 0 Å². The molecule has 0 bridgehead atoms. The number of benzene rings is 2. The first-order valence-electron chi connectivity index (χ1n) is 7.12. The average molecular weight is 270 g/mol. The van der Waals surface area contributed by atoms with E-state index in [9.17, 15) is 4.39 Å². The number of anilines is 1. The first-order valence-corrected chi connectivity index (χ1v) is 7.12. The first kappa shape index (κ1) is 13.1. The Hall–Kier alpha value is -1.87. The van der Waals surface area contributed by atoms with Gasteiger partial charge in [-0.3, -0.25) is 0 Å². The van der Waals surface area contributed by atoms with Gasteiger partial charge in [0.15, 0.2) is 0 Å². The summed E-state index contributed by atoms with van der Waals surface area (Å²) in [6.07, 6.45) is 1.10. The smallest absolute Gasteiger partial charge is 0.123 e. The van der Waals surface area contributed by atoms with Gasteiger partial charge in [-0.05, 0) is 42.8 Å². The van der Waals surface area contributed by atoms with Crippen LogP contribution < -0.4 is 10.2 Å². The predicted octanol–water partition coefficient (Wildman–Crippen LogP) is 3.37. The fourth-order valence-electron chi connectivity index (χ4n) is 2.72. The molecule has 1 aliphatic heterocycles. The number of rotatable bonds is 2. The van der Waals surface area contributed by atoms with E-state index in [-0.39, 0.29) is 5.82 Å². The standard InChI is InChI=1S/C17H19FN2/c18-15-7-9-16(10-8-15)20-12-4-11-19-17(13-20)14-5-2-1-3-6-14/h1-3,5-10,17,19H,4,11-13H2. The van der Waals surface area contributed by atoms with Crippen molar-refractivity contribution in [2.75, 3.05) is 24.5 Å². The summed E-state index contributed by atoms with van der Waals surface area (Å²) in [6, 6.07) is 17.6. The van der Waals surface area contributed by atoms with E-state index in [2.05, 4.69) is 34.5 Å². The molecule has 0 spiro atoms. The molecule has 0 aliphatic carbocycles. The second kappa shape index (κ2) is 6.06. The van der Waals surface area contributed by atoms with Crippen LogP contribution in [0.3, 0.4) is 0 Å². The Morgan fingerprint density at radius 3 is 2.50 bits per heavy atom. The van der Waals surface area contributed by atoms with Gasteiger partial charge in [-0.15, -0.1) is 0 Å². The highest BCUT2D eigenvalue weighted by Gasteiger charge is 2.19. The van der Waals surface area contributed by atoms with Crippen molar-refractivity contribution in [3.63, 3.8) is 0 Å². The number of halogens is 1. The molecule has 2 aromatic rings. The Morgan fingerprint density at radius 1 is 1.00 bits per heavy atom. The summed E-state index contributed by atoms with van der Waals surface area (Å²) < 4.78 is 13.0. The molecule has 1 fully saturated rings. The zero-order chi connectivity index (χ0) is 13.8. The Morgan fingerprint density at radius 2 is 1.75 bits per heavy atom. The molecule has 104 valence electrons. The van der Waals surface area contributed by atoms with Crippen molar-refractivity contribution in [3.8, 4) is 0 Å². The zero-order valence-electron chi connectivity index (χ0n) is 11.4. The van der Waals surface area contributed by atoms with E-state index in [0.29, 0.717) is 6.04 Å². The van der Waals surface area contributed by atoms with Crippen molar-refractivity contribution in [2.24, 2.45) is 0 Å². The van der Waals surface area contributed by atoms with Gasteiger partial charge < -0.3 is 10.2 Å². The molecule has 1 saturated heterocycles. The van der Waals surface area contributed by atoms with Crippen molar-refractivity contribution in [3.05, 3.63) is 66.0 Å². The summed E-state index contributed by atoms with van der Waals surface area (Å²) in [6.45, 7) is 2.93. The van der Waals surface area contributed by atoms with E-state index in [4.69, 9.17) is 0 Å². The van der Waals surface area contributed by atoms with Gasteiger partial charge >= 0.3 is 0 Å². The summed E-state index contributed by atoms with van der Waals surface area (Å²) in [5.74, 6) is -0.179. The number of nitrogens with zero attached hydrogens (tertiary/aromatic N) is 1. The van der Waals surface area contributed by atoms with Crippen molar-refractivity contribution in [1.82, 2.24) is 5.32 Å². The molecule has 1 unspecified atom stereocenters. The lowest BCUT2D eigenvalue weighted by atomic mass is 10.1. The van der Waals surface area contributed by atoms with Gasteiger partial charge in [-0.2, -0.15) is 0 Å². The highest BCUT2D eigenvalue weighted by atomic mass is 19.1. The maximum absolute atomic E-state index is 13.0. The molecule has 1 aliphatic rings. The van der Waals surface area contributed by atoms with E-state index in [1.54, 1.807) is 0 Å². The third-order valence-electron chi connectivity index (χ3n) is 3.79. The van der Waals surface area contributed by atoms with Gasteiger partial charge in [-0.1, -0.05) is 30.3 Å². The fourth-order valence-corrected chi connectivity index (χ4v) is 2.72. The molecule has 2 aromatic carbocycles. The van der Waals surface area contributed by atoms with Gasteiger partial charge in [0, 0.05) is 24.8 Å². The number of nitrogens with one attached hydrogen (secondary N) is 1. The SMILES string of the molecule is Fc1ccc(N2CCCNC(c3ccccc3)C2)cc1. The van der Waals surface area contributed by atoms with Crippen LogP contribution in [0, 0.1) is 5.82 Å². The van der Waals surface area contributed by atoms with Crippen molar-refractivity contribution >= 4 is 5.69 Å². The molecule has 1 N–H and O–H groups in total. The fraction of sp³-hybridized carbons (Fsp3) is 0.294. The highest BCUT2D eigenvalue weighted by Crippen LogP contribution is 2.22.